The van der Waals surface area contributed by atoms with E-state index < -0.39 is 5.97 Å². The summed E-state index contributed by atoms with van der Waals surface area (Å²) < 4.78 is 1.63. The highest BCUT2D eigenvalue weighted by Gasteiger charge is 2.16. The Morgan fingerprint density at radius 1 is 1.50 bits per heavy atom. The number of nitrogens with one attached hydrogen (secondary N) is 1. The number of carboxylic acids is 1. The molecule has 0 saturated carbocycles. The molecule has 2 N–H and O–H groups in total. The van der Waals surface area contributed by atoms with Crippen LogP contribution in [0.25, 0.3) is 11.0 Å². The van der Waals surface area contributed by atoms with Crippen molar-refractivity contribution in [2.45, 2.75) is 19.8 Å². The van der Waals surface area contributed by atoms with E-state index in [9.17, 15) is 9.90 Å². The van der Waals surface area contributed by atoms with E-state index in [0.29, 0.717) is 11.3 Å². The van der Waals surface area contributed by atoms with Gasteiger partial charge >= 0.3 is 5.97 Å². The molecular weight excluding hydrogens is 232 g/mol. The molecule has 0 spiro atoms. The van der Waals surface area contributed by atoms with Crippen molar-refractivity contribution >= 4 is 22.7 Å². The van der Waals surface area contributed by atoms with Crippen LogP contribution >= 0.6 is 0 Å². The van der Waals surface area contributed by atoms with E-state index >= 15 is 0 Å². The average Bonchev–Trinajstić information content (AvgIpc) is 2.72. The molecule has 0 aliphatic heterocycles. The first kappa shape index (κ1) is 12.3. The third kappa shape index (κ3) is 2.13. The molecule has 0 radical (unpaired) electrons. The second kappa shape index (κ2) is 5.03. The monoisotopic (exact) mass is 248 g/mol. The Morgan fingerprint density at radius 2 is 2.28 bits per heavy atom. The summed E-state index contributed by atoms with van der Waals surface area (Å²) in [5.74, 6) is -0.979. The van der Waals surface area contributed by atoms with Gasteiger partial charge < -0.3 is 10.4 Å². The average molecular weight is 248 g/mol. The molecule has 0 aliphatic carbocycles. The molecule has 0 unspecified atom stereocenters. The van der Waals surface area contributed by atoms with Crippen LogP contribution in [0, 0.1) is 0 Å². The Bertz CT molecular complexity index is 577. The number of anilines is 1. The molecular formula is C12H16N4O2. The lowest BCUT2D eigenvalue weighted by molar-refractivity contribution is 0.0697. The molecule has 96 valence electrons. The number of aromatic nitrogens is 3. The fourth-order valence-electron chi connectivity index (χ4n) is 1.84. The predicted molar refractivity (Wildman–Crippen MR) is 68.9 cm³/mol. The third-order valence-electron chi connectivity index (χ3n) is 2.82. The van der Waals surface area contributed by atoms with Crippen molar-refractivity contribution in [2.75, 3.05) is 11.9 Å². The van der Waals surface area contributed by atoms with Crippen LogP contribution in [-0.4, -0.2) is 32.4 Å². The Hall–Kier alpha value is -2.11. The summed E-state index contributed by atoms with van der Waals surface area (Å²) in [5.41, 5.74) is 1.47. The van der Waals surface area contributed by atoms with Gasteiger partial charge in [0.1, 0.15) is 5.56 Å². The lowest BCUT2D eigenvalue weighted by Crippen LogP contribution is -2.09. The lowest BCUT2D eigenvalue weighted by atomic mass is 10.1. The fraction of sp³-hybridized carbons (Fsp3) is 0.417. The Balaban J connectivity index is 2.48. The van der Waals surface area contributed by atoms with E-state index in [4.69, 9.17) is 0 Å². The number of unbranched alkanes of at least 4 members (excludes halogenated alkanes) is 1. The maximum absolute atomic E-state index is 11.2. The minimum absolute atomic E-state index is 0.187. The first-order chi connectivity index (χ1) is 8.65. The number of aromatic carboxylic acids is 1. The summed E-state index contributed by atoms with van der Waals surface area (Å²) in [6.07, 6.45) is 5.06. The van der Waals surface area contributed by atoms with Crippen LogP contribution in [0.15, 0.2) is 12.4 Å². The van der Waals surface area contributed by atoms with Crippen LogP contribution in [-0.2, 0) is 7.05 Å². The molecule has 2 aromatic rings. The van der Waals surface area contributed by atoms with Gasteiger partial charge in [0.2, 0.25) is 0 Å². The minimum Gasteiger partial charge on any atom is -0.478 e. The zero-order valence-corrected chi connectivity index (χ0v) is 10.5. The number of aryl methyl sites for hydroxylation is 1. The first-order valence-electron chi connectivity index (χ1n) is 5.93. The standard InChI is InChI=1S/C12H16N4O2/c1-3-4-5-13-10-8-7-15-16(2)11(8)14-6-9(10)12(17)18/h6-7H,3-5H2,1-2H3,(H,13,14)(H,17,18). The largest absolute Gasteiger partial charge is 0.478 e. The number of fused-ring (bicyclic) bond motifs is 1. The highest BCUT2D eigenvalue weighted by Crippen LogP contribution is 2.25. The second-order valence-electron chi connectivity index (χ2n) is 4.14. The molecule has 6 heteroatoms. The number of rotatable bonds is 5. The molecule has 0 aliphatic rings. The predicted octanol–water partition coefficient (Wildman–Crippen LogP) is 1.88. The number of pyridine rings is 1. The van der Waals surface area contributed by atoms with Crippen molar-refractivity contribution in [3.63, 3.8) is 0 Å². The van der Waals surface area contributed by atoms with Crippen LogP contribution < -0.4 is 5.32 Å². The summed E-state index contributed by atoms with van der Waals surface area (Å²) in [7, 11) is 1.78. The Kier molecular flexibility index (Phi) is 3.45. The van der Waals surface area contributed by atoms with Crippen LogP contribution in [0.2, 0.25) is 0 Å². The highest BCUT2D eigenvalue weighted by atomic mass is 16.4. The Morgan fingerprint density at radius 3 is 2.94 bits per heavy atom. The van der Waals surface area contributed by atoms with Gasteiger partial charge in [-0.3, -0.25) is 4.68 Å². The van der Waals surface area contributed by atoms with Crippen molar-refractivity contribution < 1.29 is 9.90 Å². The number of carbonyl (C=O) groups is 1. The van der Waals surface area contributed by atoms with Gasteiger partial charge in [-0.05, 0) is 6.42 Å². The molecule has 18 heavy (non-hydrogen) atoms. The van der Waals surface area contributed by atoms with E-state index in [1.54, 1.807) is 17.9 Å². The second-order valence-corrected chi connectivity index (χ2v) is 4.14. The van der Waals surface area contributed by atoms with Crippen LogP contribution in [0.3, 0.4) is 0 Å². The van der Waals surface area contributed by atoms with Crippen LogP contribution in [0.1, 0.15) is 30.1 Å². The molecule has 2 heterocycles. The summed E-state index contributed by atoms with van der Waals surface area (Å²) in [4.78, 5) is 15.3. The molecule has 2 rings (SSSR count). The van der Waals surface area contributed by atoms with Gasteiger partial charge in [-0.2, -0.15) is 5.10 Å². The molecule has 0 bridgehead atoms. The fourth-order valence-corrected chi connectivity index (χ4v) is 1.84. The number of carboxylic acid groups (broad SMARTS) is 1. The zero-order valence-electron chi connectivity index (χ0n) is 10.5. The van der Waals surface area contributed by atoms with Crippen molar-refractivity contribution in [3.8, 4) is 0 Å². The third-order valence-corrected chi connectivity index (χ3v) is 2.82. The maximum atomic E-state index is 11.2. The van der Waals surface area contributed by atoms with Crippen LogP contribution in [0.5, 0.6) is 0 Å². The summed E-state index contributed by atoms with van der Waals surface area (Å²) >= 11 is 0. The quantitative estimate of drug-likeness (QED) is 0.790. The Labute approximate surface area is 105 Å². The normalized spacial score (nSPS) is 10.8. The van der Waals surface area contributed by atoms with E-state index in [1.165, 1.54) is 6.20 Å². The van der Waals surface area contributed by atoms with Gasteiger partial charge in [0.25, 0.3) is 0 Å². The summed E-state index contributed by atoms with van der Waals surface area (Å²) in [6.45, 7) is 2.83. The van der Waals surface area contributed by atoms with E-state index in [1.807, 2.05) is 0 Å². The molecule has 0 atom stereocenters. The van der Waals surface area contributed by atoms with Crippen molar-refractivity contribution in [3.05, 3.63) is 18.0 Å². The first-order valence-corrected chi connectivity index (χ1v) is 5.93. The zero-order chi connectivity index (χ0) is 13.1. The van der Waals surface area contributed by atoms with Crippen molar-refractivity contribution in [1.82, 2.24) is 14.8 Å². The smallest absolute Gasteiger partial charge is 0.339 e. The summed E-state index contributed by atoms with van der Waals surface area (Å²) in [5, 5.41) is 17.2. The highest BCUT2D eigenvalue weighted by molar-refractivity contribution is 6.03. The topological polar surface area (TPSA) is 80.0 Å². The molecule has 0 amide bonds. The van der Waals surface area contributed by atoms with Gasteiger partial charge in [0.05, 0.1) is 17.3 Å². The minimum atomic E-state index is -0.979. The molecule has 2 aromatic heterocycles. The number of nitrogens with zero attached hydrogens (tertiary/aromatic N) is 3. The lowest BCUT2D eigenvalue weighted by Gasteiger charge is -2.10. The van der Waals surface area contributed by atoms with Gasteiger partial charge in [-0.15, -0.1) is 0 Å². The van der Waals surface area contributed by atoms with E-state index in [-0.39, 0.29) is 5.56 Å². The molecule has 0 fully saturated rings. The molecule has 0 saturated heterocycles. The van der Waals surface area contributed by atoms with Crippen molar-refractivity contribution in [2.24, 2.45) is 7.05 Å². The SMILES string of the molecule is CCCCNc1c(C(=O)O)cnc2c1cnn2C. The van der Waals surface area contributed by atoms with Gasteiger partial charge in [0, 0.05) is 19.8 Å². The van der Waals surface area contributed by atoms with Gasteiger partial charge in [-0.1, -0.05) is 13.3 Å². The molecule has 0 aromatic carbocycles. The van der Waals surface area contributed by atoms with Crippen molar-refractivity contribution in [1.29, 1.82) is 0 Å². The van der Waals surface area contributed by atoms with Gasteiger partial charge in [-0.25, -0.2) is 9.78 Å². The van der Waals surface area contributed by atoms with E-state index in [0.717, 1.165) is 24.8 Å². The van der Waals surface area contributed by atoms with Gasteiger partial charge in [0.15, 0.2) is 5.65 Å². The maximum Gasteiger partial charge on any atom is 0.339 e. The molecule has 6 nitrogen and oxygen atoms in total. The number of hydrogen-bond donors (Lipinski definition) is 2. The van der Waals surface area contributed by atoms with E-state index in [2.05, 4.69) is 22.3 Å². The summed E-state index contributed by atoms with van der Waals surface area (Å²) in [6, 6.07) is 0. The number of hydrogen-bond acceptors (Lipinski definition) is 4. The van der Waals surface area contributed by atoms with Crippen LogP contribution in [0.4, 0.5) is 5.69 Å².